The van der Waals surface area contributed by atoms with E-state index in [1.807, 2.05) is 12.1 Å². The Morgan fingerprint density at radius 2 is 1.90 bits per heavy atom. The lowest BCUT2D eigenvalue weighted by molar-refractivity contribution is 0.0601. The smallest absolute Gasteiger partial charge is 0.339 e. The number of ether oxygens (including phenoxy) is 1. The summed E-state index contributed by atoms with van der Waals surface area (Å²) in [5, 5.41) is 3.16. The van der Waals surface area contributed by atoms with Gasteiger partial charge in [0.05, 0.1) is 12.7 Å². The molecule has 0 heterocycles. The Bertz CT molecular complexity index is 668. The number of benzene rings is 2. The third kappa shape index (κ3) is 3.60. The fourth-order valence-electron chi connectivity index (χ4n) is 1.96. The summed E-state index contributed by atoms with van der Waals surface area (Å²) in [4.78, 5) is 22.8. The molecule has 0 aliphatic rings. The number of amides is 1. The summed E-state index contributed by atoms with van der Waals surface area (Å²) in [6, 6.07) is 14.1. The first-order chi connectivity index (χ1) is 10.1. The van der Waals surface area contributed by atoms with E-state index in [0.29, 0.717) is 23.4 Å². The number of methoxy groups -OCH3 is 1. The van der Waals surface area contributed by atoms with Crippen LogP contribution >= 0.6 is 0 Å². The Balaban J connectivity index is 2.15. The molecular weight excluding hydrogens is 268 g/mol. The van der Waals surface area contributed by atoms with Crippen LogP contribution in [-0.4, -0.2) is 19.0 Å². The zero-order chi connectivity index (χ0) is 15.2. The molecule has 0 atom stereocenters. The van der Waals surface area contributed by atoms with Crippen molar-refractivity contribution in [2.45, 2.75) is 6.54 Å². The quantitative estimate of drug-likeness (QED) is 0.825. The number of nitrogens with one attached hydrogen (secondary N) is 1. The number of hydrogen-bond acceptors (Lipinski definition) is 4. The summed E-state index contributed by atoms with van der Waals surface area (Å²) in [6.07, 6.45) is 0. The minimum absolute atomic E-state index is 0.399. The third-order valence-corrected chi connectivity index (χ3v) is 3.03. The van der Waals surface area contributed by atoms with Crippen molar-refractivity contribution < 1.29 is 14.3 Å². The van der Waals surface area contributed by atoms with Crippen LogP contribution < -0.4 is 11.1 Å². The summed E-state index contributed by atoms with van der Waals surface area (Å²) in [6.45, 7) is 0.467. The summed E-state index contributed by atoms with van der Waals surface area (Å²) >= 11 is 0. The second-order valence-electron chi connectivity index (χ2n) is 4.46. The maximum Gasteiger partial charge on any atom is 0.339 e. The van der Waals surface area contributed by atoms with Gasteiger partial charge in [-0.15, -0.1) is 0 Å². The molecule has 3 N–H and O–H groups in total. The lowest BCUT2D eigenvalue weighted by atomic mass is 10.1. The molecule has 1 amide bonds. The minimum Gasteiger partial charge on any atom is -0.465 e. The highest BCUT2D eigenvalue weighted by molar-refractivity contribution is 5.95. The second-order valence-corrected chi connectivity index (χ2v) is 4.46. The van der Waals surface area contributed by atoms with Crippen molar-refractivity contribution in [3.63, 3.8) is 0 Å². The van der Waals surface area contributed by atoms with Crippen LogP contribution in [0.5, 0.6) is 0 Å². The van der Waals surface area contributed by atoms with E-state index in [9.17, 15) is 9.59 Å². The van der Waals surface area contributed by atoms with Crippen molar-refractivity contribution in [2.24, 2.45) is 5.73 Å². The molecule has 108 valence electrons. The molecule has 0 aliphatic carbocycles. The van der Waals surface area contributed by atoms with E-state index in [0.717, 1.165) is 5.56 Å². The van der Waals surface area contributed by atoms with E-state index >= 15 is 0 Å². The van der Waals surface area contributed by atoms with Crippen LogP contribution in [0.2, 0.25) is 0 Å². The third-order valence-electron chi connectivity index (χ3n) is 3.03. The average molecular weight is 284 g/mol. The van der Waals surface area contributed by atoms with Gasteiger partial charge in [0.15, 0.2) is 0 Å². The van der Waals surface area contributed by atoms with Gasteiger partial charge in [-0.3, -0.25) is 4.79 Å². The Morgan fingerprint density at radius 1 is 1.14 bits per heavy atom. The van der Waals surface area contributed by atoms with Gasteiger partial charge >= 0.3 is 5.97 Å². The molecule has 2 rings (SSSR count). The Hall–Kier alpha value is -2.82. The van der Waals surface area contributed by atoms with Crippen LogP contribution in [0.3, 0.4) is 0 Å². The van der Waals surface area contributed by atoms with Crippen molar-refractivity contribution in [3.8, 4) is 0 Å². The molecule has 0 radical (unpaired) electrons. The molecule has 0 unspecified atom stereocenters. The number of rotatable bonds is 5. The zero-order valence-electron chi connectivity index (χ0n) is 11.6. The monoisotopic (exact) mass is 284 g/mol. The van der Waals surface area contributed by atoms with Gasteiger partial charge in [-0.05, 0) is 29.8 Å². The Kier molecular flexibility index (Phi) is 4.56. The van der Waals surface area contributed by atoms with Gasteiger partial charge in [0.25, 0.3) is 0 Å². The lowest BCUT2D eigenvalue weighted by Gasteiger charge is -2.11. The van der Waals surface area contributed by atoms with Crippen molar-refractivity contribution in [1.82, 2.24) is 0 Å². The van der Waals surface area contributed by atoms with Crippen LogP contribution in [0.15, 0.2) is 48.5 Å². The maximum absolute atomic E-state index is 11.7. The molecule has 21 heavy (non-hydrogen) atoms. The average Bonchev–Trinajstić information content (AvgIpc) is 2.52. The van der Waals surface area contributed by atoms with E-state index in [-0.39, 0.29) is 0 Å². The normalized spacial score (nSPS) is 9.95. The van der Waals surface area contributed by atoms with Crippen LogP contribution in [0.4, 0.5) is 5.69 Å². The van der Waals surface area contributed by atoms with Crippen LogP contribution in [0.1, 0.15) is 26.3 Å². The fourth-order valence-corrected chi connectivity index (χ4v) is 1.96. The Morgan fingerprint density at radius 3 is 2.62 bits per heavy atom. The van der Waals surface area contributed by atoms with Gasteiger partial charge in [0, 0.05) is 17.8 Å². The largest absolute Gasteiger partial charge is 0.465 e. The molecule has 2 aromatic carbocycles. The first-order valence-electron chi connectivity index (χ1n) is 6.42. The van der Waals surface area contributed by atoms with Crippen molar-refractivity contribution in [3.05, 3.63) is 65.2 Å². The molecule has 0 saturated heterocycles. The summed E-state index contributed by atoms with van der Waals surface area (Å²) in [7, 11) is 1.34. The summed E-state index contributed by atoms with van der Waals surface area (Å²) in [5.41, 5.74) is 7.74. The lowest BCUT2D eigenvalue weighted by Crippen LogP contribution is -2.12. The van der Waals surface area contributed by atoms with Gasteiger partial charge in [-0.25, -0.2) is 4.79 Å². The Labute approximate surface area is 122 Å². The van der Waals surface area contributed by atoms with E-state index in [1.54, 1.807) is 36.4 Å². The standard InChI is InChI=1S/C16H16N2O3/c1-21-16(20)13-7-2-3-8-14(13)18-10-11-5-4-6-12(9-11)15(17)19/h2-9,18H,10H2,1H3,(H2,17,19). The first-order valence-corrected chi connectivity index (χ1v) is 6.42. The number of carbonyl (C=O) groups is 2. The highest BCUT2D eigenvalue weighted by atomic mass is 16.5. The predicted molar refractivity (Wildman–Crippen MR) is 80.1 cm³/mol. The van der Waals surface area contributed by atoms with E-state index in [1.165, 1.54) is 7.11 Å². The molecule has 0 aromatic heterocycles. The van der Waals surface area contributed by atoms with Crippen molar-refractivity contribution in [1.29, 1.82) is 0 Å². The van der Waals surface area contributed by atoms with Gasteiger partial charge in [0.1, 0.15) is 0 Å². The van der Waals surface area contributed by atoms with Crippen LogP contribution in [-0.2, 0) is 11.3 Å². The van der Waals surface area contributed by atoms with Gasteiger partial charge < -0.3 is 15.8 Å². The predicted octanol–water partition coefficient (Wildman–Crippen LogP) is 2.18. The number of hydrogen-bond donors (Lipinski definition) is 2. The SMILES string of the molecule is COC(=O)c1ccccc1NCc1cccc(C(N)=O)c1. The van der Waals surface area contributed by atoms with Gasteiger partial charge in [0.2, 0.25) is 5.91 Å². The maximum atomic E-state index is 11.7. The van der Waals surface area contributed by atoms with Crippen molar-refractivity contribution >= 4 is 17.6 Å². The highest BCUT2D eigenvalue weighted by Gasteiger charge is 2.10. The molecule has 0 fully saturated rings. The molecule has 5 heteroatoms. The van der Waals surface area contributed by atoms with Crippen LogP contribution in [0.25, 0.3) is 0 Å². The van der Waals surface area contributed by atoms with E-state index < -0.39 is 11.9 Å². The second kappa shape index (κ2) is 6.56. The molecular formula is C16H16N2O3. The zero-order valence-corrected chi connectivity index (χ0v) is 11.6. The molecule has 5 nitrogen and oxygen atoms in total. The highest BCUT2D eigenvalue weighted by Crippen LogP contribution is 2.17. The molecule has 0 bridgehead atoms. The molecule has 2 aromatic rings. The van der Waals surface area contributed by atoms with E-state index in [4.69, 9.17) is 10.5 Å². The first kappa shape index (κ1) is 14.6. The summed E-state index contributed by atoms with van der Waals surface area (Å²) in [5.74, 6) is -0.865. The molecule has 0 aliphatic heterocycles. The number of para-hydroxylation sites is 1. The topological polar surface area (TPSA) is 81.4 Å². The fraction of sp³-hybridized carbons (Fsp3) is 0.125. The van der Waals surface area contributed by atoms with Crippen molar-refractivity contribution in [2.75, 3.05) is 12.4 Å². The molecule has 0 spiro atoms. The number of nitrogens with two attached hydrogens (primary N) is 1. The number of carbonyl (C=O) groups excluding carboxylic acids is 2. The van der Waals surface area contributed by atoms with Crippen LogP contribution in [0, 0.1) is 0 Å². The number of anilines is 1. The number of primary amides is 1. The van der Waals surface area contributed by atoms with Gasteiger partial charge in [-0.1, -0.05) is 24.3 Å². The number of esters is 1. The van der Waals surface area contributed by atoms with Gasteiger partial charge in [-0.2, -0.15) is 0 Å². The minimum atomic E-state index is -0.466. The molecule has 0 saturated carbocycles. The summed E-state index contributed by atoms with van der Waals surface area (Å²) < 4.78 is 4.74. The van der Waals surface area contributed by atoms with E-state index in [2.05, 4.69) is 5.32 Å².